The first-order valence-corrected chi connectivity index (χ1v) is 11.9. The molecule has 0 bridgehead atoms. The number of fused-ring (bicyclic) bond motifs is 2. The SMILES string of the molecule is [C-]#[N+]c1ccccc1N1CCN(C(=O)c2ccc3[nH]c(-c4nc5ccccc5[nH]c4=O)c(N)c3c2)CC1. The van der Waals surface area contributed by atoms with Gasteiger partial charge in [0.25, 0.3) is 11.5 Å². The summed E-state index contributed by atoms with van der Waals surface area (Å²) in [6, 6.07) is 20.2. The van der Waals surface area contributed by atoms with Gasteiger partial charge in [-0.2, -0.15) is 0 Å². The van der Waals surface area contributed by atoms with Crippen LogP contribution in [0.2, 0.25) is 0 Å². The first kappa shape index (κ1) is 22.4. The van der Waals surface area contributed by atoms with Crippen molar-refractivity contribution < 1.29 is 4.79 Å². The Hall–Kier alpha value is -5.10. The summed E-state index contributed by atoms with van der Waals surface area (Å²) in [6.07, 6.45) is 0. The number of amides is 1. The first-order valence-electron chi connectivity index (χ1n) is 11.9. The number of carbonyl (C=O) groups is 1. The second kappa shape index (κ2) is 8.84. The van der Waals surface area contributed by atoms with Crippen LogP contribution in [0.15, 0.2) is 71.5 Å². The lowest BCUT2D eigenvalue weighted by Crippen LogP contribution is -2.48. The predicted molar refractivity (Wildman–Crippen MR) is 145 cm³/mol. The molecule has 0 unspecified atom stereocenters. The van der Waals surface area contributed by atoms with Gasteiger partial charge in [-0.3, -0.25) is 9.59 Å². The molecule has 0 saturated carbocycles. The summed E-state index contributed by atoms with van der Waals surface area (Å²) < 4.78 is 0. The third-order valence-corrected chi connectivity index (χ3v) is 6.83. The van der Waals surface area contributed by atoms with Gasteiger partial charge in [-0.1, -0.05) is 30.3 Å². The number of nitrogen functional groups attached to an aromatic ring is 1. The Balaban J connectivity index is 1.26. The van der Waals surface area contributed by atoms with E-state index in [1.807, 2.05) is 47.4 Å². The summed E-state index contributed by atoms with van der Waals surface area (Å²) >= 11 is 0. The molecule has 1 saturated heterocycles. The largest absolute Gasteiger partial charge is 0.396 e. The number of hydrogen-bond donors (Lipinski definition) is 3. The average molecular weight is 490 g/mol. The van der Waals surface area contributed by atoms with Gasteiger partial charge in [0.2, 0.25) is 5.69 Å². The van der Waals surface area contributed by atoms with Crippen LogP contribution < -0.4 is 16.2 Å². The van der Waals surface area contributed by atoms with Crippen molar-refractivity contribution >= 4 is 44.9 Å². The number of H-pyrrole nitrogens is 2. The van der Waals surface area contributed by atoms with Gasteiger partial charge in [0.05, 0.1) is 29.0 Å². The summed E-state index contributed by atoms with van der Waals surface area (Å²) in [7, 11) is 0. The Morgan fingerprint density at radius 2 is 1.70 bits per heavy atom. The molecule has 0 atom stereocenters. The number of benzene rings is 3. The Morgan fingerprint density at radius 1 is 0.946 bits per heavy atom. The average Bonchev–Trinajstić information content (AvgIpc) is 3.27. The highest BCUT2D eigenvalue weighted by Crippen LogP contribution is 2.32. The number of piperazine rings is 1. The third kappa shape index (κ3) is 3.85. The number of nitrogens with two attached hydrogens (primary N) is 1. The number of nitrogens with zero attached hydrogens (tertiary/aromatic N) is 4. The Labute approximate surface area is 212 Å². The van der Waals surface area contributed by atoms with Crippen LogP contribution in [0, 0.1) is 6.57 Å². The summed E-state index contributed by atoms with van der Waals surface area (Å²) in [5, 5.41) is 0.667. The lowest BCUT2D eigenvalue weighted by atomic mass is 10.1. The molecule has 9 nitrogen and oxygen atoms in total. The van der Waals surface area contributed by atoms with Crippen LogP contribution in [0.3, 0.4) is 0 Å². The van der Waals surface area contributed by atoms with Gasteiger partial charge in [0.1, 0.15) is 0 Å². The second-order valence-corrected chi connectivity index (χ2v) is 8.99. The molecule has 0 aliphatic carbocycles. The lowest BCUT2D eigenvalue weighted by molar-refractivity contribution is 0.0747. The molecule has 3 aromatic carbocycles. The van der Waals surface area contributed by atoms with Crippen LogP contribution in [0.5, 0.6) is 0 Å². The summed E-state index contributed by atoms with van der Waals surface area (Å²) in [4.78, 5) is 44.2. The molecule has 2 aromatic heterocycles. The van der Waals surface area contributed by atoms with Gasteiger partial charge < -0.3 is 25.5 Å². The maximum atomic E-state index is 13.3. The smallest absolute Gasteiger partial charge is 0.276 e. The molecule has 1 fully saturated rings. The van der Waals surface area contributed by atoms with Gasteiger partial charge in [-0.15, -0.1) is 0 Å². The van der Waals surface area contributed by atoms with Crippen molar-refractivity contribution in [3.8, 4) is 11.4 Å². The first-order chi connectivity index (χ1) is 18.0. The highest BCUT2D eigenvalue weighted by molar-refractivity contribution is 6.04. The van der Waals surface area contributed by atoms with E-state index in [1.54, 1.807) is 24.3 Å². The van der Waals surface area contributed by atoms with Gasteiger partial charge in [-0.25, -0.2) is 9.83 Å². The summed E-state index contributed by atoms with van der Waals surface area (Å²) in [6.45, 7) is 9.80. The number of hydrogen-bond acceptors (Lipinski definition) is 5. The van der Waals surface area contributed by atoms with Crippen molar-refractivity contribution in [3.63, 3.8) is 0 Å². The number of anilines is 2. The van der Waals surface area contributed by atoms with Crippen LogP contribution in [0.25, 0.3) is 38.2 Å². The van der Waals surface area contributed by atoms with Crippen molar-refractivity contribution in [3.05, 3.63) is 94.1 Å². The lowest BCUT2D eigenvalue weighted by Gasteiger charge is -2.36. The molecule has 4 N–H and O–H groups in total. The Kier molecular flexibility index (Phi) is 5.34. The van der Waals surface area contributed by atoms with E-state index < -0.39 is 0 Å². The van der Waals surface area contributed by atoms with E-state index in [9.17, 15) is 9.59 Å². The quantitative estimate of drug-likeness (QED) is 0.329. The number of aromatic nitrogens is 3. The minimum atomic E-state index is -0.342. The number of para-hydroxylation sites is 4. The van der Waals surface area contributed by atoms with E-state index in [1.165, 1.54) is 0 Å². The molecule has 1 aliphatic rings. The van der Waals surface area contributed by atoms with Crippen molar-refractivity contribution in [2.45, 2.75) is 0 Å². The molecule has 1 amide bonds. The number of nitrogens with one attached hydrogen (secondary N) is 2. The Bertz CT molecular complexity index is 1770. The van der Waals surface area contributed by atoms with E-state index in [-0.39, 0.29) is 17.2 Å². The van der Waals surface area contributed by atoms with Crippen LogP contribution in [0.4, 0.5) is 17.1 Å². The van der Waals surface area contributed by atoms with Crippen LogP contribution >= 0.6 is 0 Å². The molecule has 9 heteroatoms. The fraction of sp³-hybridized carbons (Fsp3) is 0.143. The van der Waals surface area contributed by atoms with Gasteiger partial charge in [0.15, 0.2) is 5.69 Å². The van der Waals surface area contributed by atoms with Gasteiger partial charge in [-0.05, 0) is 36.4 Å². The highest BCUT2D eigenvalue weighted by atomic mass is 16.2. The molecule has 182 valence electrons. The van der Waals surface area contributed by atoms with Gasteiger partial charge >= 0.3 is 0 Å². The van der Waals surface area contributed by atoms with Gasteiger partial charge in [0, 0.05) is 48.3 Å². The summed E-state index contributed by atoms with van der Waals surface area (Å²) in [5.74, 6) is -0.0798. The monoisotopic (exact) mass is 489 g/mol. The van der Waals surface area contributed by atoms with Crippen LogP contribution in [-0.2, 0) is 0 Å². The molecule has 5 aromatic rings. The zero-order valence-corrected chi connectivity index (χ0v) is 19.9. The highest BCUT2D eigenvalue weighted by Gasteiger charge is 2.24. The van der Waals surface area contributed by atoms with Crippen molar-refractivity contribution in [2.24, 2.45) is 0 Å². The summed E-state index contributed by atoms with van der Waals surface area (Å²) in [5.41, 5.74) is 11.2. The maximum Gasteiger partial charge on any atom is 0.276 e. The third-order valence-electron chi connectivity index (χ3n) is 6.83. The Morgan fingerprint density at radius 3 is 2.51 bits per heavy atom. The number of carbonyl (C=O) groups excluding carboxylic acids is 1. The second-order valence-electron chi connectivity index (χ2n) is 8.99. The molecular formula is C28H23N7O2. The standard InChI is InChI=1S/C28H23N7O2/c1-30-22-8-4-5-9-23(22)34-12-14-35(15-13-34)28(37)17-10-11-19-18(16-17)24(29)25(31-19)26-27(36)33-21-7-3-2-6-20(21)32-26/h2-11,16,31H,12-15,29H2,(H,33,36). The minimum absolute atomic E-state index is 0.0798. The van der Waals surface area contributed by atoms with Crippen molar-refractivity contribution in [2.75, 3.05) is 36.8 Å². The van der Waals surface area contributed by atoms with E-state index in [4.69, 9.17) is 12.3 Å². The van der Waals surface area contributed by atoms with E-state index >= 15 is 0 Å². The fourth-order valence-electron chi connectivity index (χ4n) is 4.89. The normalized spacial score (nSPS) is 13.7. The minimum Gasteiger partial charge on any atom is -0.396 e. The van der Waals surface area contributed by atoms with Crippen LogP contribution in [0.1, 0.15) is 10.4 Å². The molecule has 1 aliphatic heterocycles. The zero-order valence-electron chi connectivity index (χ0n) is 19.9. The number of aromatic amines is 2. The van der Waals surface area contributed by atoms with Crippen molar-refractivity contribution in [1.29, 1.82) is 0 Å². The fourth-order valence-corrected chi connectivity index (χ4v) is 4.89. The van der Waals surface area contributed by atoms with Crippen molar-refractivity contribution in [1.82, 2.24) is 19.9 Å². The molecule has 0 radical (unpaired) electrons. The molecule has 0 spiro atoms. The van der Waals surface area contributed by atoms with E-state index in [0.29, 0.717) is 65.2 Å². The zero-order chi connectivity index (χ0) is 25.5. The van der Waals surface area contributed by atoms with E-state index in [2.05, 4.69) is 24.7 Å². The van der Waals surface area contributed by atoms with Crippen LogP contribution in [-0.4, -0.2) is 51.9 Å². The maximum absolute atomic E-state index is 13.3. The number of rotatable bonds is 3. The molecule has 6 rings (SSSR count). The predicted octanol–water partition coefficient (Wildman–Crippen LogP) is 4.17. The molecular weight excluding hydrogens is 466 g/mol. The topological polar surface area (TPSA) is 115 Å². The van der Waals surface area contributed by atoms with E-state index in [0.717, 1.165) is 11.2 Å². The molecule has 37 heavy (non-hydrogen) atoms. The molecule has 3 heterocycles.